The molecule has 2 saturated heterocycles. The number of halogens is 1. The third kappa shape index (κ3) is 2.26. The Morgan fingerprint density at radius 3 is 2.57 bits per heavy atom. The van der Waals surface area contributed by atoms with Crippen LogP contribution in [0.2, 0.25) is 0 Å². The summed E-state index contributed by atoms with van der Waals surface area (Å²) < 4.78 is 18.7. The molecule has 2 nitrogen and oxygen atoms in total. The Bertz CT molecular complexity index is 180. The Hall–Kier alpha value is -0.150. The minimum absolute atomic E-state index is 0.135. The van der Waals surface area contributed by atoms with Crippen LogP contribution in [0.1, 0.15) is 26.2 Å². The molecule has 0 aromatic heterocycles. The second kappa shape index (κ2) is 4.58. The van der Waals surface area contributed by atoms with E-state index in [1.54, 1.807) is 0 Å². The molecule has 0 amide bonds. The van der Waals surface area contributed by atoms with Crippen LogP contribution in [0, 0.1) is 5.92 Å². The van der Waals surface area contributed by atoms with Gasteiger partial charge in [0.1, 0.15) is 6.17 Å². The van der Waals surface area contributed by atoms with Gasteiger partial charge in [-0.25, -0.2) is 4.39 Å². The first kappa shape index (κ1) is 10.4. The first-order valence-electron chi connectivity index (χ1n) is 5.73. The predicted molar refractivity (Wildman–Crippen MR) is 54.1 cm³/mol. The van der Waals surface area contributed by atoms with Crippen molar-refractivity contribution in [1.82, 2.24) is 4.90 Å². The van der Waals surface area contributed by atoms with Gasteiger partial charge < -0.3 is 4.74 Å². The quantitative estimate of drug-likeness (QED) is 0.642. The predicted octanol–water partition coefficient (Wildman–Crippen LogP) is 1.85. The molecule has 0 aromatic carbocycles. The summed E-state index contributed by atoms with van der Waals surface area (Å²) in [6.45, 7) is 5.47. The van der Waals surface area contributed by atoms with Crippen molar-refractivity contribution in [3.05, 3.63) is 0 Å². The molecule has 14 heavy (non-hydrogen) atoms. The van der Waals surface area contributed by atoms with E-state index < -0.39 is 6.17 Å². The number of nitrogens with zero attached hydrogens (tertiary/aromatic N) is 1. The highest BCUT2D eigenvalue weighted by Gasteiger charge is 2.32. The first-order valence-corrected chi connectivity index (χ1v) is 5.73. The van der Waals surface area contributed by atoms with Crippen molar-refractivity contribution in [2.24, 2.45) is 5.92 Å². The molecule has 0 aliphatic carbocycles. The van der Waals surface area contributed by atoms with Gasteiger partial charge in [0.25, 0.3) is 0 Å². The Morgan fingerprint density at radius 1 is 1.21 bits per heavy atom. The highest BCUT2D eigenvalue weighted by molar-refractivity contribution is 4.84. The number of alkyl halides is 1. The third-order valence-corrected chi connectivity index (χ3v) is 3.54. The molecular weight excluding hydrogens is 181 g/mol. The zero-order valence-corrected chi connectivity index (χ0v) is 8.92. The average molecular weight is 201 g/mol. The molecule has 2 aliphatic heterocycles. The molecule has 3 heteroatoms. The maximum absolute atomic E-state index is 13.6. The second-order valence-corrected chi connectivity index (χ2v) is 4.67. The van der Waals surface area contributed by atoms with E-state index in [1.807, 2.05) is 0 Å². The van der Waals surface area contributed by atoms with Gasteiger partial charge in [0.05, 0.1) is 6.61 Å². The summed E-state index contributed by atoms with van der Waals surface area (Å²) in [5.41, 5.74) is 0. The molecule has 2 fully saturated rings. The van der Waals surface area contributed by atoms with E-state index >= 15 is 0 Å². The molecule has 2 aliphatic rings. The summed E-state index contributed by atoms with van der Waals surface area (Å²) in [5, 5.41) is 0. The van der Waals surface area contributed by atoms with Crippen LogP contribution >= 0.6 is 0 Å². The summed E-state index contributed by atoms with van der Waals surface area (Å²) >= 11 is 0. The maximum Gasteiger partial charge on any atom is 0.139 e. The maximum atomic E-state index is 13.6. The number of ether oxygens (including phenoxy) is 1. The smallest absolute Gasteiger partial charge is 0.139 e. The van der Waals surface area contributed by atoms with Crippen molar-refractivity contribution in [3.63, 3.8) is 0 Å². The lowest BCUT2D eigenvalue weighted by Gasteiger charge is -2.40. The van der Waals surface area contributed by atoms with Crippen LogP contribution in [0.3, 0.4) is 0 Å². The molecule has 0 bridgehead atoms. The Labute approximate surface area is 85.4 Å². The van der Waals surface area contributed by atoms with Crippen LogP contribution in [-0.2, 0) is 4.74 Å². The molecule has 0 unspecified atom stereocenters. The molecule has 0 aromatic rings. The van der Waals surface area contributed by atoms with Gasteiger partial charge in [0.2, 0.25) is 0 Å². The van der Waals surface area contributed by atoms with Crippen LogP contribution in [-0.4, -0.2) is 43.4 Å². The van der Waals surface area contributed by atoms with Crippen molar-refractivity contribution in [3.8, 4) is 0 Å². The number of hydrogen-bond donors (Lipinski definition) is 0. The Morgan fingerprint density at radius 2 is 1.93 bits per heavy atom. The van der Waals surface area contributed by atoms with E-state index in [2.05, 4.69) is 11.8 Å². The van der Waals surface area contributed by atoms with Crippen molar-refractivity contribution < 1.29 is 9.13 Å². The van der Waals surface area contributed by atoms with E-state index in [-0.39, 0.29) is 6.04 Å². The molecule has 2 heterocycles. The third-order valence-electron chi connectivity index (χ3n) is 3.54. The van der Waals surface area contributed by atoms with Crippen LogP contribution in [0.5, 0.6) is 0 Å². The minimum Gasteiger partial charge on any atom is -0.378 e. The molecule has 2 atom stereocenters. The lowest BCUT2D eigenvalue weighted by molar-refractivity contribution is -0.0357. The molecular formula is C11H20FNO. The van der Waals surface area contributed by atoms with Crippen molar-refractivity contribution in [2.75, 3.05) is 26.3 Å². The fraction of sp³-hybridized carbons (Fsp3) is 1.00. The SMILES string of the molecule is CC1CCN([C@H]2CCOC[C@H]2F)CC1. The highest BCUT2D eigenvalue weighted by Crippen LogP contribution is 2.24. The zero-order chi connectivity index (χ0) is 9.97. The van der Waals surface area contributed by atoms with Gasteiger partial charge in [-0.05, 0) is 38.3 Å². The number of likely N-dealkylation sites (tertiary alicyclic amines) is 1. The van der Waals surface area contributed by atoms with Gasteiger partial charge in [-0.3, -0.25) is 4.90 Å². The van der Waals surface area contributed by atoms with Crippen molar-refractivity contribution >= 4 is 0 Å². The molecule has 0 spiro atoms. The number of hydrogen-bond acceptors (Lipinski definition) is 2. The van der Waals surface area contributed by atoms with E-state index in [4.69, 9.17) is 4.74 Å². The van der Waals surface area contributed by atoms with Gasteiger partial charge in [-0.1, -0.05) is 6.92 Å². The molecule has 2 rings (SSSR count). The molecule has 0 N–H and O–H groups in total. The van der Waals surface area contributed by atoms with Gasteiger partial charge in [0.15, 0.2) is 0 Å². The van der Waals surface area contributed by atoms with Crippen molar-refractivity contribution in [1.29, 1.82) is 0 Å². The van der Waals surface area contributed by atoms with Crippen LogP contribution in [0.4, 0.5) is 4.39 Å². The van der Waals surface area contributed by atoms with E-state index in [0.717, 1.165) is 32.0 Å². The zero-order valence-electron chi connectivity index (χ0n) is 8.92. The van der Waals surface area contributed by atoms with Gasteiger partial charge >= 0.3 is 0 Å². The highest BCUT2D eigenvalue weighted by atomic mass is 19.1. The molecule has 0 radical (unpaired) electrons. The minimum atomic E-state index is -0.767. The summed E-state index contributed by atoms with van der Waals surface area (Å²) in [4.78, 5) is 2.33. The average Bonchev–Trinajstić information content (AvgIpc) is 2.20. The first-order chi connectivity index (χ1) is 6.77. The van der Waals surface area contributed by atoms with E-state index in [1.165, 1.54) is 12.8 Å². The van der Waals surface area contributed by atoms with Crippen molar-refractivity contribution in [2.45, 2.75) is 38.4 Å². The Kier molecular flexibility index (Phi) is 3.39. The largest absolute Gasteiger partial charge is 0.378 e. The van der Waals surface area contributed by atoms with Crippen LogP contribution < -0.4 is 0 Å². The summed E-state index contributed by atoms with van der Waals surface area (Å²) in [7, 11) is 0. The lowest BCUT2D eigenvalue weighted by atomic mass is 9.95. The Balaban J connectivity index is 1.87. The monoisotopic (exact) mass is 201 g/mol. The number of piperidine rings is 1. The standard InChI is InChI=1S/C11H20FNO/c1-9-2-5-13(6-3-9)11-4-7-14-8-10(11)12/h9-11H,2-8H2,1H3/t10-,11+/m1/s1. The topological polar surface area (TPSA) is 12.5 Å². The summed E-state index contributed by atoms with van der Waals surface area (Å²) in [5.74, 6) is 0.823. The summed E-state index contributed by atoms with van der Waals surface area (Å²) in [6.07, 6.45) is 2.56. The fourth-order valence-electron chi connectivity index (χ4n) is 2.46. The van der Waals surface area contributed by atoms with Gasteiger partial charge in [0, 0.05) is 12.6 Å². The van der Waals surface area contributed by atoms with Crippen LogP contribution in [0.15, 0.2) is 0 Å². The van der Waals surface area contributed by atoms with Gasteiger partial charge in [-0.15, -0.1) is 0 Å². The number of rotatable bonds is 1. The summed E-state index contributed by atoms with van der Waals surface area (Å²) in [6, 6.07) is 0.135. The molecule has 82 valence electrons. The lowest BCUT2D eigenvalue weighted by Crippen LogP contribution is -2.49. The normalized spacial score (nSPS) is 37.3. The molecule has 0 saturated carbocycles. The van der Waals surface area contributed by atoms with E-state index in [9.17, 15) is 4.39 Å². The van der Waals surface area contributed by atoms with Crippen LogP contribution in [0.25, 0.3) is 0 Å². The fourth-order valence-corrected chi connectivity index (χ4v) is 2.46. The second-order valence-electron chi connectivity index (χ2n) is 4.67. The van der Waals surface area contributed by atoms with E-state index in [0.29, 0.717) is 6.61 Å². The van der Waals surface area contributed by atoms with Gasteiger partial charge in [-0.2, -0.15) is 0 Å².